The molecule has 0 radical (unpaired) electrons. The third-order valence-corrected chi connectivity index (χ3v) is 5.43. The molecule has 2 aromatic heterocycles. The van der Waals surface area contributed by atoms with Crippen LogP contribution >= 0.6 is 0 Å². The van der Waals surface area contributed by atoms with Crippen molar-refractivity contribution in [1.82, 2.24) is 14.6 Å². The molecule has 0 saturated carbocycles. The lowest BCUT2D eigenvalue weighted by Crippen LogP contribution is -2.10. The van der Waals surface area contributed by atoms with Crippen molar-refractivity contribution in [3.63, 3.8) is 0 Å². The standard InChI is InChI=1S/C20H17N5O3S/c1-29(27,28)16-8-3-5-13(12-16)17-9-4-10-18-23-20(24-25(17)18)22-15-7-2-6-14(11-15)19(21)26/h2-12H,1H3,(H2,21,26)(H,22,24). The van der Waals surface area contributed by atoms with E-state index in [1.807, 2.05) is 18.2 Å². The second-order valence-corrected chi connectivity index (χ2v) is 8.50. The van der Waals surface area contributed by atoms with Gasteiger partial charge in [0.05, 0.1) is 10.6 Å². The molecule has 29 heavy (non-hydrogen) atoms. The van der Waals surface area contributed by atoms with Gasteiger partial charge in [-0.05, 0) is 42.5 Å². The summed E-state index contributed by atoms with van der Waals surface area (Å²) in [6, 6.07) is 18.8. The number of benzene rings is 2. The Morgan fingerprint density at radius 3 is 2.55 bits per heavy atom. The van der Waals surface area contributed by atoms with E-state index in [1.165, 1.54) is 6.26 Å². The fraction of sp³-hybridized carbons (Fsp3) is 0.0500. The van der Waals surface area contributed by atoms with Gasteiger partial charge in [-0.15, -0.1) is 5.10 Å². The van der Waals surface area contributed by atoms with Gasteiger partial charge in [0.25, 0.3) is 0 Å². The van der Waals surface area contributed by atoms with Crippen molar-refractivity contribution in [2.24, 2.45) is 5.73 Å². The number of nitrogens with two attached hydrogens (primary N) is 1. The highest BCUT2D eigenvalue weighted by atomic mass is 32.2. The van der Waals surface area contributed by atoms with Crippen LogP contribution in [0.25, 0.3) is 16.9 Å². The van der Waals surface area contributed by atoms with Crippen molar-refractivity contribution in [2.45, 2.75) is 4.90 Å². The second kappa shape index (κ2) is 7.02. The van der Waals surface area contributed by atoms with Gasteiger partial charge in [-0.1, -0.05) is 24.3 Å². The van der Waals surface area contributed by atoms with Crippen molar-refractivity contribution < 1.29 is 13.2 Å². The molecule has 1 amide bonds. The zero-order valence-electron chi connectivity index (χ0n) is 15.4. The molecule has 4 aromatic rings. The predicted octanol–water partition coefficient (Wildman–Crippen LogP) is 2.64. The van der Waals surface area contributed by atoms with Gasteiger partial charge in [0.2, 0.25) is 11.9 Å². The number of pyridine rings is 1. The average molecular weight is 407 g/mol. The normalized spacial score (nSPS) is 11.5. The number of nitrogens with one attached hydrogen (secondary N) is 1. The molecule has 0 bridgehead atoms. The molecule has 2 aromatic carbocycles. The first kappa shape index (κ1) is 18.6. The highest BCUT2D eigenvalue weighted by Gasteiger charge is 2.13. The Kier molecular flexibility index (Phi) is 4.51. The molecule has 146 valence electrons. The number of fused-ring (bicyclic) bond motifs is 1. The van der Waals surface area contributed by atoms with E-state index in [1.54, 1.807) is 53.0 Å². The minimum Gasteiger partial charge on any atom is -0.366 e. The van der Waals surface area contributed by atoms with E-state index in [2.05, 4.69) is 15.4 Å². The smallest absolute Gasteiger partial charge is 0.248 e. The molecule has 3 N–H and O–H groups in total. The number of sulfone groups is 1. The summed E-state index contributed by atoms with van der Waals surface area (Å²) in [6.45, 7) is 0. The van der Waals surface area contributed by atoms with E-state index < -0.39 is 15.7 Å². The van der Waals surface area contributed by atoms with E-state index >= 15 is 0 Å². The maximum absolute atomic E-state index is 11.9. The molecular formula is C20H17N5O3S. The minimum absolute atomic E-state index is 0.230. The Morgan fingerprint density at radius 1 is 1.03 bits per heavy atom. The quantitative estimate of drug-likeness (QED) is 0.525. The van der Waals surface area contributed by atoms with Gasteiger partial charge in [-0.2, -0.15) is 4.98 Å². The largest absolute Gasteiger partial charge is 0.366 e. The molecule has 9 heteroatoms. The van der Waals surface area contributed by atoms with Crippen LogP contribution in [0.2, 0.25) is 0 Å². The summed E-state index contributed by atoms with van der Waals surface area (Å²) in [4.78, 5) is 16.0. The van der Waals surface area contributed by atoms with Crippen LogP contribution in [0, 0.1) is 0 Å². The van der Waals surface area contributed by atoms with Crippen LogP contribution in [0.4, 0.5) is 11.6 Å². The van der Waals surface area contributed by atoms with E-state index in [4.69, 9.17) is 5.73 Å². The summed E-state index contributed by atoms with van der Waals surface area (Å²) in [6.07, 6.45) is 1.17. The molecule has 0 fully saturated rings. The molecular weight excluding hydrogens is 390 g/mol. The number of rotatable bonds is 5. The van der Waals surface area contributed by atoms with Crippen LogP contribution in [-0.4, -0.2) is 35.2 Å². The molecule has 2 heterocycles. The van der Waals surface area contributed by atoms with Gasteiger partial charge < -0.3 is 11.1 Å². The Morgan fingerprint density at radius 2 is 1.79 bits per heavy atom. The number of carbonyl (C=O) groups is 1. The van der Waals surface area contributed by atoms with Crippen molar-refractivity contribution in [2.75, 3.05) is 11.6 Å². The first-order valence-corrected chi connectivity index (χ1v) is 10.5. The van der Waals surface area contributed by atoms with Crippen molar-refractivity contribution in [3.8, 4) is 11.3 Å². The van der Waals surface area contributed by atoms with Crippen LogP contribution in [0.3, 0.4) is 0 Å². The summed E-state index contributed by atoms with van der Waals surface area (Å²) < 4.78 is 25.4. The Hall–Kier alpha value is -3.72. The lowest BCUT2D eigenvalue weighted by Gasteiger charge is -2.06. The van der Waals surface area contributed by atoms with Gasteiger partial charge >= 0.3 is 0 Å². The number of hydrogen-bond acceptors (Lipinski definition) is 6. The topological polar surface area (TPSA) is 119 Å². The first-order valence-electron chi connectivity index (χ1n) is 8.64. The lowest BCUT2D eigenvalue weighted by molar-refractivity contribution is 0.100. The number of nitrogens with zero attached hydrogens (tertiary/aromatic N) is 3. The summed E-state index contributed by atoms with van der Waals surface area (Å²) in [5.41, 5.74) is 8.29. The SMILES string of the molecule is CS(=O)(=O)c1cccc(-c2cccc3nc(Nc4cccc(C(N)=O)c4)nn23)c1. The van der Waals surface area contributed by atoms with E-state index in [0.717, 1.165) is 0 Å². The van der Waals surface area contributed by atoms with Crippen LogP contribution in [0.1, 0.15) is 10.4 Å². The highest BCUT2D eigenvalue weighted by Crippen LogP contribution is 2.24. The fourth-order valence-electron chi connectivity index (χ4n) is 2.94. The van der Waals surface area contributed by atoms with E-state index in [-0.39, 0.29) is 4.90 Å². The van der Waals surface area contributed by atoms with Crippen LogP contribution < -0.4 is 11.1 Å². The monoisotopic (exact) mass is 407 g/mol. The second-order valence-electron chi connectivity index (χ2n) is 6.49. The summed E-state index contributed by atoms with van der Waals surface area (Å²) in [7, 11) is -3.33. The Labute approximate surface area is 166 Å². The van der Waals surface area contributed by atoms with Crippen molar-refractivity contribution in [1.29, 1.82) is 0 Å². The van der Waals surface area contributed by atoms with E-state index in [0.29, 0.717) is 34.1 Å². The highest BCUT2D eigenvalue weighted by molar-refractivity contribution is 7.90. The van der Waals surface area contributed by atoms with Crippen LogP contribution in [0.5, 0.6) is 0 Å². The zero-order valence-corrected chi connectivity index (χ0v) is 16.2. The van der Waals surface area contributed by atoms with Gasteiger partial charge in [0, 0.05) is 23.1 Å². The summed E-state index contributed by atoms with van der Waals surface area (Å²) in [5, 5.41) is 7.54. The number of primary amides is 1. The Bertz CT molecular complexity index is 1350. The number of hydrogen-bond donors (Lipinski definition) is 2. The summed E-state index contributed by atoms with van der Waals surface area (Å²) in [5.74, 6) is -0.192. The molecule has 8 nitrogen and oxygen atoms in total. The molecule has 0 saturated heterocycles. The lowest BCUT2D eigenvalue weighted by atomic mass is 10.1. The molecule has 0 unspecified atom stereocenters. The third kappa shape index (κ3) is 3.81. The fourth-order valence-corrected chi connectivity index (χ4v) is 3.61. The predicted molar refractivity (Wildman–Crippen MR) is 110 cm³/mol. The van der Waals surface area contributed by atoms with Crippen molar-refractivity contribution in [3.05, 3.63) is 72.3 Å². The van der Waals surface area contributed by atoms with Crippen molar-refractivity contribution >= 4 is 33.0 Å². The van der Waals surface area contributed by atoms with Gasteiger partial charge in [-0.3, -0.25) is 4.79 Å². The number of aromatic nitrogens is 3. The molecule has 0 aliphatic carbocycles. The Balaban J connectivity index is 1.75. The van der Waals surface area contributed by atoms with Gasteiger partial charge in [0.15, 0.2) is 15.5 Å². The number of carbonyl (C=O) groups excluding carboxylic acids is 1. The van der Waals surface area contributed by atoms with Gasteiger partial charge in [0.1, 0.15) is 0 Å². The third-order valence-electron chi connectivity index (χ3n) is 4.32. The molecule has 0 spiro atoms. The molecule has 0 aliphatic rings. The molecule has 0 atom stereocenters. The van der Waals surface area contributed by atoms with Crippen LogP contribution in [0.15, 0.2) is 71.6 Å². The van der Waals surface area contributed by atoms with E-state index in [9.17, 15) is 13.2 Å². The molecule has 0 aliphatic heterocycles. The number of amides is 1. The summed E-state index contributed by atoms with van der Waals surface area (Å²) >= 11 is 0. The van der Waals surface area contributed by atoms with Gasteiger partial charge in [-0.25, -0.2) is 12.9 Å². The zero-order chi connectivity index (χ0) is 20.6. The minimum atomic E-state index is -3.33. The first-order chi connectivity index (χ1) is 13.8. The average Bonchev–Trinajstić information content (AvgIpc) is 3.10. The van der Waals surface area contributed by atoms with Crippen LogP contribution in [-0.2, 0) is 9.84 Å². The number of anilines is 2. The maximum atomic E-state index is 11.9. The molecule has 4 rings (SSSR count). The maximum Gasteiger partial charge on any atom is 0.248 e.